The van der Waals surface area contributed by atoms with Gasteiger partial charge in [-0.25, -0.2) is 4.98 Å². The highest BCUT2D eigenvalue weighted by molar-refractivity contribution is 5.95. The lowest BCUT2D eigenvalue weighted by Gasteiger charge is -2.33. The molecule has 2 heterocycles. The zero-order valence-corrected chi connectivity index (χ0v) is 15.9. The number of ether oxygens (including phenoxy) is 1. The van der Waals surface area contributed by atoms with Gasteiger partial charge in [0.1, 0.15) is 11.6 Å². The number of amides is 2. The number of fused-ring (bicyclic) bond motifs is 2. The Kier molecular flexibility index (Phi) is 4.73. The van der Waals surface area contributed by atoms with E-state index >= 15 is 0 Å². The van der Waals surface area contributed by atoms with Crippen molar-refractivity contribution in [3.05, 3.63) is 54.4 Å². The SMILES string of the molecule is CCn1c(CNC(=O)[C@@H]2CN(C(C)=O)c3ccccc3O2)nc2ccccc21. The van der Waals surface area contributed by atoms with Crippen molar-refractivity contribution in [1.82, 2.24) is 14.9 Å². The van der Waals surface area contributed by atoms with Crippen molar-refractivity contribution in [3.63, 3.8) is 0 Å². The van der Waals surface area contributed by atoms with Gasteiger partial charge in [-0.1, -0.05) is 24.3 Å². The lowest BCUT2D eigenvalue weighted by Crippen LogP contribution is -2.50. The minimum Gasteiger partial charge on any atom is -0.477 e. The third-order valence-corrected chi connectivity index (χ3v) is 4.92. The molecule has 2 aromatic carbocycles. The molecule has 0 saturated heterocycles. The van der Waals surface area contributed by atoms with E-state index < -0.39 is 6.10 Å². The van der Waals surface area contributed by atoms with E-state index in [-0.39, 0.29) is 18.4 Å². The van der Waals surface area contributed by atoms with Crippen molar-refractivity contribution in [2.75, 3.05) is 11.4 Å². The van der Waals surface area contributed by atoms with Gasteiger partial charge in [-0.15, -0.1) is 0 Å². The number of hydrogen-bond donors (Lipinski definition) is 1. The Morgan fingerprint density at radius 2 is 1.93 bits per heavy atom. The first-order chi connectivity index (χ1) is 13.6. The van der Waals surface area contributed by atoms with Gasteiger partial charge in [0.2, 0.25) is 5.91 Å². The lowest BCUT2D eigenvalue weighted by atomic mass is 10.1. The Hall–Kier alpha value is -3.35. The highest BCUT2D eigenvalue weighted by atomic mass is 16.5. The fourth-order valence-corrected chi connectivity index (χ4v) is 3.56. The van der Waals surface area contributed by atoms with Gasteiger partial charge >= 0.3 is 0 Å². The number of anilines is 1. The van der Waals surface area contributed by atoms with Crippen LogP contribution in [-0.2, 0) is 22.7 Å². The molecule has 1 aromatic heterocycles. The molecule has 1 atom stereocenters. The maximum absolute atomic E-state index is 12.8. The summed E-state index contributed by atoms with van der Waals surface area (Å²) in [5.41, 5.74) is 2.63. The predicted octanol–water partition coefficient (Wildman–Crippen LogP) is 2.49. The standard InChI is InChI=1S/C21H22N4O3/c1-3-24-16-9-5-4-8-15(16)23-20(24)12-22-21(27)19-13-25(14(2)26)17-10-6-7-11-18(17)28-19/h4-11,19H,3,12-13H2,1-2H3,(H,22,27)/t19-/m0/s1. The number of para-hydroxylation sites is 4. The Morgan fingerprint density at radius 1 is 1.18 bits per heavy atom. The highest BCUT2D eigenvalue weighted by Crippen LogP contribution is 2.33. The summed E-state index contributed by atoms with van der Waals surface area (Å²) in [5.74, 6) is 0.929. The molecular weight excluding hydrogens is 356 g/mol. The van der Waals surface area contributed by atoms with Gasteiger partial charge in [-0.3, -0.25) is 9.59 Å². The number of carbonyl (C=O) groups is 2. The second-order valence-electron chi connectivity index (χ2n) is 6.68. The van der Waals surface area contributed by atoms with Crippen LogP contribution < -0.4 is 15.0 Å². The topological polar surface area (TPSA) is 76.5 Å². The summed E-state index contributed by atoms with van der Waals surface area (Å²) in [6.07, 6.45) is -0.766. The molecule has 28 heavy (non-hydrogen) atoms. The second kappa shape index (κ2) is 7.34. The normalized spacial score (nSPS) is 15.8. The van der Waals surface area contributed by atoms with E-state index in [9.17, 15) is 9.59 Å². The molecule has 0 fully saturated rings. The fraction of sp³-hybridized carbons (Fsp3) is 0.286. The maximum Gasteiger partial charge on any atom is 0.263 e. The van der Waals surface area contributed by atoms with Gasteiger partial charge in [-0.2, -0.15) is 0 Å². The number of carbonyl (C=O) groups excluding carboxylic acids is 2. The van der Waals surface area contributed by atoms with Gasteiger partial charge in [0.05, 0.1) is 29.8 Å². The van der Waals surface area contributed by atoms with Crippen LogP contribution in [0.3, 0.4) is 0 Å². The molecule has 0 spiro atoms. The van der Waals surface area contributed by atoms with E-state index in [1.165, 1.54) is 6.92 Å². The molecule has 4 rings (SSSR count). The van der Waals surface area contributed by atoms with Crippen LogP contribution in [0.25, 0.3) is 11.0 Å². The number of aryl methyl sites for hydroxylation is 1. The van der Waals surface area contributed by atoms with Crippen molar-refractivity contribution in [3.8, 4) is 5.75 Å². The minimum absolute atomic E-state index is 0.124. The Morgan fingerprint density at radius 3 is 2.71 bits per heavy atom. The number of benzene rings is 2. The van der Waals surface area contributed by atoms with Crippen LogP contribution in [0.5, 0.6) is 5.75 Å². The summed E-state index contributed by atoms with van der Waals surface area (Å²) in [7, 11) is 0. The average molecular weight is 378 g/mol. The van der Waals surface area contributed by atoms with E-state index in [0.29, 0.717) is 18.0 Å². The number of nitrogens with zero attached hydrogens (tertiary/aromatic N) is 3. The Balaban J connectivity index is 1.51. The summed E-state index contributed by atoms with van der Waals surface area (Å²) in [4.78, 5) is 31.0. The van der Waals surface area contributed by atoms with Crippen LogP contribution >= 0.6 is 0 Å². The summed E-state index contributed by atoms with van der Waals surface area (Å²) in [5, 5.41) is 2.91. The molecule has 7 heteroatoms. The second-order valence-corrected chi connectivity index (χ2v) is 6.68. The van der Waals surface area contributed by atoms with Crippen LogP contribution in [0.1, 0.15) is 19.7 Å². The third-order valence-electron chi connectivity index (χ3n) is 4.92. The minimum atomic E-state index is -0.766. The van der Waals surface area contributed by atoms with Crippen molar-refractivity contribution in [2.45, 2.75) is 33.0 Å². The number of imidazole rings is 1. The summed E-state index contributed by atoms with van der Waals surface area (Å²) >= 11 is 0. The van der Waals surface area contributed by atoms with Crippen molar-refractivity contribution < 1.29 is 14.3 Å². The maximum atomic E-state index is 12.8. The number of nitrogens with one attached hydrogen (secondary N) is 1. The van der Waals surface area contributed by atoms with Gasteiger partial charge in [-0.05, 0) is 31.2 Å². The molecule has 0 radical (unpaired) electrons. The summed E-state index contributed by atoms with van der Waals surface area (Å²) < 4.78 is 7.92. The quantitative estimate of drug-likeness (QED) is 0.757. The largest absolute Gasteiger partial charge is 0.477 e. The zero-order chi connectivity index (χ0) is 19.7. The smallest absolute Gasteiger partial charge is 0.263 e. The van der Waals surface area contributed by atoms with E-state index in [4.69, 9.17) is 4.74 Å². The van der Waals surface area contributed by atoms with E-state index in [0.717, 1.165) is 23.4 Å². The first-order valence-electron chi connectivity index (χ1n) is 9.34. The van der Waals surface area contributed by atoms with Crippen molar-refractivity contribution in [2.24, 2.45) is 0 Å². The van der Waals surface area contributed by atoms with E-state index in [1.54, 1.807) is 11.0 Å². The number of hydrogen-bond acceptors (Lipinski definition) is 4. The molecule has 0 aliphatic carbocycles. The van der Waals surface area contributed by atoms with Crippen LogP contribution in [0.2, 0.25) is 0 Å². The van der Waals surface area contributed by atoms with E-state index in [1.807, 2.05) is 49.4 Å². The molecule has 0 unspecified atom stereocenters. The molecule has 0 bridgehead atoms. The first kappa shape index (κ1) is 18.0. The van der Waals surface area contributed by atoms with Crippen LogP contribution in [-0.4, -0.2) is 34.0 Å². The summed E-state index contributed by atoms with van der Waals surface area (Å²) in [6, 6.07) is 15.1. The van der Waals surface area contributed by atoms with E-state index in [2.05, 4.69) is 14.9 Å². The molecule has 144 valence electrons. The molecular formula is C21H22N4O3. The van der Waals surface area contributed by atoms with Crippen molar-refractivity contribution >= 4 is 28.5 Å². The molecule has 7 nitrogen and oxygen atoms in total. The molecule has 1 N–H and O–H groups in total. The predicted molar refractivity (Wildman–Crippen MR) is 106 cm³/mol. The Labute approximate surface area is 162 Å². The van der Waals surface area contributed by atoms with Crippen LogP contribution in [0.4, 0.5) is 5.69 Å². The average Bonchev–Trinajstić information content (AvgIpc) is 3.08. The number of aromatic nitrogens is 2. The van der Waals surface area contributed by atoms with Gasteiger partial charge in [0, 0.05) is 13.5 Å². The molecule has 1 aliphatic rings. The third kappa shape index (κ3) is 3.19. The molecule has 0 saturated carbocycles. The number of rotatable bonds is 4. The van der Waals surface area contributed by atoms with Crippen LogP contribution in [0, 0.1) is 0 Å². The molecule has 2 amide bonds. The fourth-order valence-electron chi connectivity index (χ4n) is 3.56. The molecule has 3 aromatic rings. The van der Waals surface area contributed by atoms with Crippen LogP contribution in [0.15, 0.2) is 48.5 Å². The zero-order valence-electron chi connectivity index (χ0n) is 15.9. The monoisotopic (exact) mass is 378 g/mol. The van der Waals surface area contributed by atoms with Gasteiger partial charge < -0.3 is 19.5 Å². The van der Waals surface area contributed by atoms with Gasteiger partial charge in [0.15, 0.2) is 6.10 Å². The van der Waals surface area contributed by atoms with Gasteiger partial charge in [0.25, 0.3) is 5.91 Å². The summed E-state index contributed by atoms with van der Waals surface area (Å²) in [6.45, 7) is 4.77. The van der Waals surface area contributed by atoms with Crippen molar-refractivity contribution in [1.29, 1.82) is 0 Å². The molecule has 1 aliphatic heterocycles. The Bertz CT molecular complexity index is 1040. The lowest BCUT2D eigenvalue weighted by molar-refractivity contribution is -0.128. The first-order valence-corrected chi connectivity index (χ1v) is 9.34. The highest BCUT2D eigenvalue weighted by Gasteiger charge is 2.32.